The maximum absolute atomic E-state index is 11.7. The lowest BCUT2D eigenvalue weighted by Crippen LogP contribution is -2.42. The SMILES string of the molecule is O=C(CCCC(C1CCCC1)(C1CCCC1)C1CCCC1)O[SiH3]. The zero-order valence-electron chi connectivity index (χ0n) is 15.2. The van der Waals surface area contributed by atoms with Gasteiger partial charge in [0.2, 0.25) is 10.5 Å². The second-order valence-electron chi connectivity index (χ2n) is 8.49. The first-order valence-electron chi connectivity index (χ1n) is 10.3. The maximum Gasteiger partial charge on any atom is 0.291 e. The van der Waals surface area contributed by atoms with Gasteiger partial charge >= 0.3 is 0 Å². The highest BCUT2D eigenvalue weighted by Crippen LogP contribution is 2.60. The Balaban J connectivity index is 1.79. The van der Waals surface area contributed by atoms with Gasteiger partial charge in [-0.3, -0.25) is 4.79 Å². The van der Waals surface area contributed by atoms with E-state index in [0.29, 0.717) is 22.3 Å². The minimum absolute atomic E-state index is 0.0508. The topological polar surface area (TPSA) is 26.3 Å². The van der Waals surface area contributed by atoms with Crippen molar-refractivity contribution >= 4 is 16.5 Å². The van der Waals surface area contributed by atoms with Crippen LogP contribution >= 0.6 is 0 Å². The van der Waals surface area contributed by atoms with Crippen LogP contribution in [0.4, 0.5) is 0 Å². The Morgan fingerprint density at radius 2 is 1.22 bits per heavy atom. The second kappa shape index (κ2) is 8.18. The number of rotatable bonds is 7. The molecule has 0 aromatic rings. The summed E-state index contributed by atoms with van der Waals surface area (Å²) in [6, 6.07) is 0. The van der Waals surface area contributed by atoms with E-state index in [2.05, 4.69) is 0 Å². The van der Waals surface area contributed by atoms with E-state index in [1.807, 2.05) is 0 Å². The van der Waals surface area contributed by atoms with Gasteiger partial charge in [0.1, 0.15) is 0 Å². The summed E-state index contributed by atoms with van der Waals surface area (Å²) in [5, 5.41) is 0. The molecule has 3 aliphatic rings. The maximum atomic E-state index is 11.7. The van der Waals surface area contributed by atoms with Crippen molar-refractivity contribution in [3.8, 4) is 0 Å². The standard InChI is InChI=1S/C20H36O2Si/c21-19(22-23)14-7-15-20(16-8-1-2-9-16,17-10-3-4-11-17)18-12-5-6-13-18/h16-18H,1-15H2,23H3. The Kier molecular flexibility index (Phi) is 6.23. The summed E-state index contributed by atoms with van der Waals surface area (Å²) in [5.74, 6) is 2.93. The summed E-state index contributed by atoms with van der Waals surface area (Å²) in [6.45, 7) is 0. The Morgan fingerprint density at radius 1 is 0.826 bits per heavy atom. The molecule has 0 amide bonds. The monoisotopic (exact) mass is 336 g/mol. The molecule has 2 nitrogen and oxygen atoms in total. The molecule has 3 heteroatoms. The minimum atomic E-state index is 0.0508. The molecular formula is C20H36O2Si. The molecule has 3 fully saturated rings. The third-order valence-electron chi connectivity index (χ3n) is 7.56. The van der Waals surface area contributed by atoms with E-state index in [1.54, 1.807) is 0 Å². The van der Waals surface area contributed by atoms with E-state index in [1.165, 1.54) is 83.5 Å². The average Bonchev–Trinajstić information content (AvgIpc) is 3.35. The van der Waals surface area contributed by atoms with E-state index in [0.717, 1.165) is 24.2 Å². The Bertz CT molecular complexity index is 336. The molecule has 0 unspecified atom stereocenters. The highest BCUT2D eigenvalue weighted by Gasteiger charge is 2.51. The number of hydrogen-bond donors (Lipinski definition) is 0. The molecule has 0 aromatic heterocycles. The lowest BCUT2D eigenvalue weighted by Gasteiger charge is -2.49. The Hall–Kier alpha value is -0.313. The molecule has 0 aliphatic heterocycles. The summed E-state index contributed by atoms with van der Waals surface area (Å²) in [7, 11) is 0.553. The Morgan fingerprint density at radius 3 is 1.57 bits per heavy atom. The van der Waals surface area contributed by atoms with Gasteiger partial charge in [-0.2, -0.15) is 0 Å². The van der Waals surface area contributed by atoms with Crippen LogP contribution in [0.25, 0.3) is 0 Å². The molecule has 0 saturated heterocycles. The fourth-order valence-corrected chi connectivity index (χ4v) is 6.85. The van der Waals surface area contributed by atoms with Crippen LogP contribution < -0.4 is 0 Å². The predicted molar refractivity (Wildman–Crippen MR) is 98.2 cm³/mol. The van der Waals surface area contributed by atoms with Crippen molar-refractivity contribution in [2.75, 3.05) is 0 Å². The zero-order chi connectivity index (χ0) is 16.1. The van der Waals surface area contributed by atoms with Gasteiger partial charge in [-0.15, -0.1) is 0 Å². The third-order valence-corrected chi connectivity index (χ3v) is 8.02. The van der Waals surface area contributed by atoms with Crippen LogP contribution in [0, 0.1) is 23.2 Å². The van der Waals surface area contributed by atoms with E-state index in [-0.39, 0.29) is 5.97 Å². The van der Waals surface area contributed by atoms with Crippen LogP contribution in [0.3, 0.4) is 0 Å². The summed E-state index contributed by atoms with van der Waals surface area (Å²) < 4.78 is 5.04. The van der Waals surface area contributed by atoms with Crippen molar-refractivity contribution in [2.24, 2.45) is 23.2 Å². The summed E-state index contributed by atoms with van der Waals surface area (Å²) in [6.07, 6.45) is 20.6. The summed E-state index contributed by atoms with van der Waals surface area (Å²) in [5.41, 5.74) is 0.578. The molecule has 0 heterocycles. The van der Waals surface area contributed by atoms with Crippen molar-refractivity contribution < 1.29 is 9.22 Å². The smallest absolute Gasteiger partial charge is 0.291 e. The molecule has 23 heavy (non-hydrogen) atoms. The molecule has 0 aromatic carbocycles. The van der Waals surface area contributed by atoms with E-state index < -0.39 is 0 Å². The second-order valence-corrected chi connectivity index (χ2v) is 8.89. The molecule has 0 bridgehead atoms. The van der Waals surface area contributed by atoms with Gasteiger partial charge in [0.25, 0.3) is 5.97 Å². The van der Waals surface area contributed by atoms with E-state index >= 15 is 0 Å². The van der Waals surface area contributed by atoms with E-state index in [4.69, 9.17) is 4.43 Å². The van der Waals surface area contributed by atoms with Crippen molar-refractivity contribution in [1.29, 1.82) is 0 Å². The molecule has 132 valence electrons. The predicted octanol–water partition coefficient (Wildman–Crippen LogP) is 4.54. The molecule has 3 aliphatic carbocycles. The lowest BCUT2D eigenvalue weighted by molar-refractivity contribution is -0.134. The quantitative estimate of drug-likeness (QED) is 0.638. The van der Waals surface area contributed by atoms with Gasteiger partial charge < -0.3 is 4.43 Å². The van der Waals surface area contributed by atoms with Crippen molar-refractivity contribution in [3.05, 3.63) is 0 Å². The molecule has 3 rings (SSSR count). The summed E-state index contributed by atoms with van der Waals surface area (Å²) in [4.78, 5) is 11.7. The van der Waals surface area contributed by atoms with Crippen LogP contribution in [0.2, 0.25) is 0 Å². The van der Waals surface area contributed by atoms with Crippen LogP contribution in [0.15, 0.2) is 0 Å². The molecular weight excluding hydrogens is 300 g/mol. The number of carbonyl (C=O) groups excluding carboxylic acids is 1. The highest BCUT2D eigenvalue weighted by atomic mass is 28.2. The van der Waals surface area contributed by atoms with Gasteiger partial charge in [-0.25, -0.2) is 0 Å². The first kappa shape index (κ1) is 17.5. The van der Waals surface area contributed by atoms with Crippen molar-refractivity contribution in [1.82, 2.24) is 0 Å². The van der Waals surface area contributed by atoms with Crippen molar-refractivity contribution in [2.45, 2.75) is 96.3 Å². The average molecular weight is 337 g/mol. The summed E-state index contributed by atoms with van der Waals surface area (Å²) >= 11 is 0. The van der Waals surface area contributed by atoms with Crippen LogP contribution in [-0.4, -0.2) is 16.5 Å². The third kappa shape index (κ3) is 3.70. The molecule has 0 radical (unpaired) electrons. The normalized spacial score (nSPS) is 24.7. The van der Waals surface area contributed by atoms with E-state index in [9.17, 15) is 4.79 Å². The van der Waals surface area contributed by atoms with Crippen LogP contribution in [-0.2, 0) is 9.22 Å². The minimum Gasteiger partial charge on any atom is -0.529 e. The van der Waals surface area contributed by atoms with Gasteiger partial charge in [0.15, 0.2) is 0 Å². The fraction of sp³-hybridized carbons (Fsp3) is 0.950. The van der Waals surface area contributed by atoms with Gasteiger partial charge in [-0.1, -0.05) is 38.5 Å². The first-order chi connectivity index (χ1) is 11.3. The fourth-order valence-electron chi connectivity index (χ4n) is 6.64. The largest absolute Gasteiger partial charge is 0.529 e. The first-order valence-corrected chi connectivity index (χ1v) is 11.2. The molecule has 0 spiro atoms. The molecule has 0 N–H and O–H groups in total. The Labute approximate surface area is 145 Å². The zero-order valence-corrected chi connectivity index (χ0v) is 17.2. The van der Waals surface area contributed by atoms with Gasteiger partial charge in [0.05, 0.1) is 0 Å². The molecule has 3 saturated carbocycles. The van der Waals surface area contributed by atoms with Gasteiger partial charge in [0, 0.05) is 6.42 Å². The lowest BCUT2D eigenvalue weighted by atomic mass is 9.55. The highest BCUT2D eigenvalue weighted by molar-refractivity contribution is 6.05. The number of hydrogen-bond acceptors (Lipinski definition) is 2. The van der Waals surface area contributed by atoms with Gasteiger partial charge in [-0.05, 0) is 74.5 Å². The molecule has 0 atom stereocenters. The number of carbonyl (C=O) groups is 1. The van der Waals surface area contributed by atoms with Crippen LogP contribution in [0.5, 0.6) is 0 Å². The van der Waals surface area contributed by atoms with Crippen molar-refractivity contribution in [3.63, 3.8) is 0 Å². The van der Waals surface area contributed by atoms with Crippen LogP contribution in [0.1, 0.15) is 96.3 Å².